The van der Waals surface area contributed by atoms with Crippen LogP contribution in [0, 0.1) is 5.82 Å². The second kappa shape index (κ2) is 9.67. The van der Waals surface area contributed by atoms with Gasteiger partial charge in [-0.05, 0) is 59.4 Å². The predicted octanol–water partition coefficient (Wildman–Crippen LogP) is 7.14. The number of hydrogen-bond acceptors (Lipinski definition) is 3. The highest BCUT2D eigenvalue weighted by atomic mass is 32.1. The van der Waals surface area contributed by atoms with Gasteiger partial charge in [0.15, 0.2) is 5.13 Å². The highest BCUT2D eigenvalue weighted by molar-refractivity contribution is 7.14. The van der Waals surface area contributed by atoms with E-state index in [1.165, 1.54) is 29.0 Å². The summed E-state index contributed by atoms with van der Waals surface area (Å²) < 4.78 is 13.3. The molecule has 168 valence electrons. The number of anilines is 1. The summed E-state index contributed by atoms with van der Waals surface area (Å²) in [6, 6.07) is 24.2. The Hall–Kier alpha value is -3.31. The molecule has 0 aliphatic carbocycles. The molecule has 3 aromatic carbocycles. The highest BCUT2D eigenvalue weighted by Gasteiger charge is 2.22. The number of hydrogen-bond donors (Lipinski definition) is 0. The summed E-state index contributed by atoms with van der Waals surface area (Å²) in [4.78, 5) is 20.0. The van der Waals surface area contributed by atoms with Gasteiger partial charge in [-0.1, -0.05) is 63.2 Å². The Bertz CT molecular complexity index is 1210. The number of amides is 1. The number of thiazole rings is 1. The van der Waals surface area contributed by atoms with Crippen LogP contribution in [0.1, 0.15) is 42.3 Å². The smallest absolute Gasteiger partial charge is 0.260 e. The molecule has 0 spiro atoms. The van der Waals surface area contributed by atoms with Gasteiger partial charge in [0.2, 0.25) is 0 Å². The zero-order valence-electron chi connectivity index (χ0n) is 19.1. The fraction of sp³-hybridized carbons (Fsp3) is 0.214. The third-order valence-corrected chi connectivity index (χ3v) is 6.44. The molecule has 0 saturated carbocycles. The number of aromatic nitrogens is 1. The molecular formula is C28H27FN2OS. The summed E-state index contributed by atoms with van der Waals surface area (Å²) in [6.45, 7) is 6.98. The van der Waals surface area contributed by atoms with Gasteiger partial charge >= 0.3 is 0 Å². The third kappa shape index (κ3) is 5.55. The molecule has 5 heteroatoms. The molecule has 0 atom stereocenters. The van der Waals surface area contributed by atoms with Gasteiger partial charge < -0.3 is 0 Å². The van der Waals surface area contributed by atoms with Crippen LogP contribution in [0.2, 0.25) is 0 Å². The average Bonchev–Trinajstić information content (AvgIpc) is 3.30. The van der Waals surface area contributed by atoms with Gasteiger partial charge in [-0.3, -0.25) is 9.69 Å². The first-order valence-corrected chi connectivity index (χ1v) is 11.9. The van der Waals surface area contributed by atoms with Crippen LogP contribution >= 0.6 is 11.3 Å². The number of benzene rings is 3. The summed E-state index contributed by atoms with van der Waals surface area (Å²) in [6.07, 6.45) is 0.720. The zero-order chi connectivity index (χ0) is 23.4. The van der Waals surface area contributed by atoms with E-state index in [0.29, 0.717) is 17.2 Å². The number of carbonyl (C=O) groups excluding carboxylic acids is 1. The average molecular weight is 459 g/mol. The van der Waals surface area contributed by atoms with E-state index in [9.17, 15) is 9.18 Å². The monoisotopic (exact) mass is 458 g/mol. The van der Waals surface area contributed by atoms with Crippen molar-refractivity contribution in [1.82, 2.24) is 4.98 Å². The van der Waals surface area contributed by atoms with E-state index in [1.54, 1.807) is 17.0 Å². The van der Waals surface area contributed by atoms with Crippen molar-refractivity contribution in [3.63, 3.8) is 0 Å². The fourth-order valence-corrected chi connectivity index (χ4v) is 4.44. The van der Waals surface area contributed by atoms with Crippen LogP contribution < -0.4 is 4.90 Å². The number of nitrogens with zero attached hydrogens (tertiary/aromatic N) is 2. The van der Waals surface area contributed by atoms with E-state index in [2.05, 4.69) is 32.9 Å². The van der Waals surface area contributed by atoms with Crippen LogP contribution in [-0.2, 0) is 11.8 Å². The quantitative estimate of drug-likeness (QED) is 0.308. The molecule has 0 aliphatic rings. The second-order valence-corrected chi connectivity index (χ2v) is 9.88. The molecule has 0 radical (unpaired) electrons. The Labute approximate surface area is 198 Å². The minimum absolute atomic E-state index is 0.0218. The number of halogens is 1. The maximum absolute atomic E-state index is 13.6. The summed E-state index contributed by atoms with van der Waals surface area (Å²) in [7, 11) is 0. The van der Waals surface area contributed by atoms with Crippen LogP contribution in [0.25, 0.3) is 11.3 Å². The first-order valence-electron chi connectivity index (χ1n) is 11.0. The SMILES string of the molecule is CC(C)(C)c1ccc(C(=O)N(CCc2ccccc2)c2nc(-c3ccc(F)cc3)cs2)cc1. The molecule has 33 heavy (non-hydrogen) atoms. The molecule has 1 aromatic heterocycles. The molecule has 1 heterocycles. The lowest BCUT2D eigenvalue weighted by Gasteiger charge is -2.22. The van der Waals surface area contributed by atoms with Crippen molar-refractivity contribution in [1.29, 1.82) is 0 Å². The Kier molecular flexibility index (Phi) is 6.70. The van der Waals surface area contributed by atoms with Crippen molar-refractivity contribution in [2.24, 2.45) is 0 Å². The van der Waals surface area contributed by atoms with Gasteiger partial charge in [0, 0.05) is 23.1 Å². The van der Waals surface area contributed by atoms with Crippen molar-refractivity contribution >= 4 is 22.4 Å². The number of carbonyl (C=O) groups is 1. The van der Waals surface area contributed by atoms with Crippen LogP contribution in [-0.4, -0.2) is 17.4 Å². The molecule has 0 N–H and O–H groups in total. The lowest BCUT2D eigenvalue weighted by atomic mass is 9.86. The van der Waals surface area contributed by atoms with Crippen molar-refractivity contribution in [2.75, 3.05) is 11.4 Å². The Morgan fingerprint density at radius 1 is 0.939 bits per heavy atom. The molecule has 4 rings (SSSR count). The van der Waals surface area contributed by atoms with Crippen molar-refractivity contribution in [2.45, 2.75) is 32.6 Å². The molecule has 0 aliphatic heterocycles. The van der Waals surface area contributed by atoms with Crippen LogP contribution in [0.5, 0.6) is 0 Å². The predicted molar refractivity (Wildman–Crippen MR) is 134 cm³/mol. The van der Waals surface area contributed by atoms with E-state index < -0.39 is 0 Å². The largest absolute Gasteiger partial charge is 0.284 e. The molecule has 1 amide bonds. The second-order valence-electron chi connectivity index (χ2n) is 9.04. The standard InChI is InChI=1S/C28H27FN2OS/c1-28(2,3)23-13-9-22(10-14-23)26(32)31(18-17-20-7-5-4-6-8-20)27-30-25(19-33-27)21-11-15-24(29)16-12-21/h4-16,19H,17-18H2,1-3H3. The third-order valence-electron chi connectivity index (χ3n) is 5.57. The summed E-state index contributed by atoms with van der Waals surface area (Å²) in [5, 5.41) is 2.55. The van der Waals surface area contributed by atoms with E-state index in [0.717, 1.165) is 23.2 Å². The maximum Gasteiger partial charge on any atom is 0.260 e. The van der Waals surface area contributed by atoms with Gasteiger partial charge in [0.25, 0.3) is 5.91 Å². The van der Waals surface area contributed by atoms with Crippen molar-refractivity contribution in [3.05, 3.63) is 107 Å². The molecule has 3 nitrogen and oxygen atoms in total. The topological polar surface area (TPSA) is 33.2 Å². The summed E-state index contributed by atoms with van der Waals surface area (Å²) in [5.74, 6) is -0.362. The van der Waals surface area contributed by atoms with Gasteiger partial charge in [-0.15, -0.1) is 11.3 Å². The molecular weight excluding hydrogens is 431 g/mol. The molecule has 0 unspecified atom stereocenters. The van der Waals surface area contributed by atoms with E-state index in [4.69, 9.17) is 4.98 Å². The first-order chi connectivity index (χ1) is 15.8. The zero-order valence-corrected chi connectivity index (χ0v) is 19.9. The maximum atomic E-state index is 13.6. The molecule has 4 aromatic rings. The van der Waals surface area contributed by atoms with Gasteiger partial charge in [0.1, 0.15) is 5.82 Å². The number of rotatable bonds is 6. The normalized spacial score (nSPS) is 11.4. The molecule has 0 bridgehead atoms. The van der Waals surface area contributed by atoms with E-state index in [1.807, 2.05) is 47.8 Å². The fourth-order valence-electron chi connectivity index (χ4n) is 3.58. The van der Waals surface area contributed by atoms with Crippen LogP contribution in [0.3, 0.4) is 0 Å². The molecule has 0 fully saturated rings. The Morgan fingerprint density at radius 2 is 1.61 bits per heavy atom. The Morgan fingerprint density at radius 3 is 2.24 bits per heavy atom. The molecule has 0 saturated heterocycles. The summed E-state index contributed by atoms with van der Waals surface area (Å²) >= 11 is 1.42. The van der Waals surface area contributed by atoms with Gasteiger partial charge in [0.05, 0.1) is 5.69 Å². The summed E-state index contributed by atoms with van der Waals surface area (Å²) in [5.41, 5.74) is 4.55. The lowest BCUT2D eigenvalue weighted by molar-refractivity contribution is 0.0987. The van der Waals surface area contributed by atoms with Crippen molar-refractivity contribution in [3.8, 4) is 11.3 Å². The van der Waals surface area contributed by atoms with Crippen molar-refractivity contribution < 1.29 is 9.18 Å². The van der Waals surface area contributed by atoms with Gasteiger partial charge in [-0.25, -0.2) is 9.37 Å². The minimum Gasteiger partial charge on any atom is -0.284 e. The minimum atomic E-state index is -0.285. The lowest BCUT2D eigenvalue weighted by Crippen LogP contribution is -2.33. The van der Waals surface area contributed by atoms with Crippen LogP contribution in [0.15, 0.2) is 84.2 Å². The van der Waals surface area contributed by atoms with Gasteiger partial charge in [-0.2, -0.15) is 0 Å². The Balaban J connectivity index is 1.63. The first kappa shape index (κ1) is 22.9. The van der Waals surface area contributed by atoms with Crippen LogP contribution in [0.4, 0.5) is 9.52 Å². The van der Waals surface area contributed by atoms with E-state index in [-0.39, 0.29) is 17.1 Å². The van der Waals surface area contributed by atoms with E-state index >= 15 is 0 Å². The highest BCUT2D eigenvalue weighted by Crippen LogP contribution is 2.29.